The van der Waals surface area contributed by atoms with E-state index < -0.39 is 5.91 Å². The molecule has 0 saturated carbocycles. The molecule has 1 atom stereocenters. The first kappa shape index (κ1) is 16.4. The van der Waals surface area contributed by atoms with Crippen molar-refractivity contribution >= 4 is 5.91 Å². The highest BCUT2D eigenvalue weighted by molar-refractivity contribution is 5.88. The van der Waals surface area contributed by atoms with E-state index in [0.717, 1.165) is 37.2 Å². The van der Waals surface area contributed by atoms with Gasteiger partial charge in [-0.3, -0.25) is 9.69 Å². The van der Waals surface area contributed by atoms with Gasteiger partial charge in [0.15, 0.2) is 0 Å². The Kier molecular flexibility index (Phi) is 4.80. The molecule has 2 N–H and O–H groups in total. The number of amides is 1. The molecular formula is C17H22N4O3. The number of ether oxygens (including phenoxy) is 1. The van der Waals surface area contributed by atoms with Crippen LogP contribution in [0.4, 0.5) is 0 Å². The standard InChI is InChI=1S/C17H22N4O3/c1-11-5-6-12(2)14(10-11)23-9-8-21-7-3-4-13(21)17-19-16(15(18)22)20-24-17/h5-6,10,13H,3-4,7-9H2,1-2H3,(H2,18,22)/t13-/m1/s1. The average molecular weight is 330 g/mol. The Morgan fingerprint density at radius 2 is 2.29 bits per heavy atom. The third-order valence-electron chi connectivity index (χ3n) is 4.29. The van der Waals surface area contributed by atoms with Gasteiger partial charge in [-0.15, -0.1) is 0 Å². The lowest BCUT2D eigenvalue weighted by Crippen LogP contribution is -2.28. The van der Waals surface area contributed by atoms with Crippen LogP contribution in [0.5, 0.6) is 5.75 Å². The fraction of sp³-hybridized carbons (Fsp3) is 0.471. The second kappa shape index (κ2) is 7.00. The Morgan fingerprint density at radius 3 is 3.04 bits per heavy atom. The quantitative estimate of drug-likeness (QED) is 0.870. The SMILES string of the molecule is Cc1ccc(C)c(OCCN2CCC[C@@H]2c2nc(C(N)=O)no2)c1. The molecule has 1 aliphatic heterocycles. The van der Waals surface area contributed by atoms with Gasteiger partial charge in [-0.05, 0) is 50.4 Å². The molecule has 2 heterocycles. The number of hydrogen-bond donors (Lipinski definition) is 1. The maximum Gasteiger partial charge on any atom is 0.290 e. The van der Waals surface area contributed by atoms with Gasteiger partial charge in [-0.25, -0.2) is 0 Å². The predicted octanol–water partition coefficient (Wildman–Crippen LogP) is 2.00. The fourth-order valence-electron chi connectivity index (χ4n) is 2.98. The van der Waals surface area contributed by atoms with Crippen LogP contribution in [0.15, 0.2) is 22.7 Å². The van der Waals surface area contributed by atoms with Gasteiger partial charge in [0.25, 0.3) is 11.7 Å². The molecule has 3 rings (SSSR count). The minimum atomic E-state index is -0.673. The molecule has 0 spiro atoms. The molecule has 0 bridgehead atoms. The number of aromatic nitrogens is 2. The molecular weight excluding hydrogens is 308 g/mol. The molecule has 24 heavy (non-hydrogen) atoms. The van der Waals surface area contributed by atoms with E-state index in [9.17, 15) is 4.79 Å². The third-order valence-corrected chi connectivity index (χ3v) is 4.29. The number of carbonyl (C=O) groups is 1. The molecule has 7 heteroatoms. The van der Waals surface area contributed by atoms with Crippen LogP contribution in [0.1, 0.15) is 46.5 Å². The van der Waals surface area contributed by atoms with E-state index >= 15 is 0 Å². The molecule has 1 fully saturated rings. The monoisotopic (exact) mass is 330 g/mol. The van der Waals surface area contributed by atoms with E-state index in [1.165, 1.54) is 5.56 Å². The van der Waals surface area contributed by atoms with Crippen molar-refractivity contribution in [3.8, 4) is 5.75 Å². The molecule has 0 radical (unpaired) electrons. The van der Waals surface area contributed by atoms with E-state index in [4.69, 9.17) is 15.0 Å². The second-order valence-electron chi connectivity index (χ2n) is 6.13. The van der Waals surface area contributed by atoms with Crippen molar-refractivity contribution in [1.29, 1.82) is 0 Å². The first-order valence-electron chi connectivity index (χ1n) is 8.12. The summed E-state index contributed by atoms with van der Waals surface area (Å²) >= 11 is 0. The van der Waals surface area contributed by atoms with Gasteiger partial charge in [0, 0.05) is 6.54 Å². The molecule has 1 aromatic heterocycles. The van der Waals surface area contributed by atoms with Crippen LogP contribution in [0.2, 0.25) is 0 Å². The molecule has 1 amide bonds. The summed E-state index contributed by atoms with van der Waals surface area (Å²) in [6.45, 7) is 6.37. The summed E-state index contributed by atoms with van der Waals surface area (Å²) in [5.74, 6) is 0.629. The van der Waals surface area contributed by atoms with Crippen molar-refractivity contribution in [2.45, 2.75) is 32.7 Å². The van der Waals surface area contributed by atoms with Crippen molar-refractivity contribution in [3.63, 3.8) is 0 Å². The zero-order valence-corrected chi connectivity index (χ0v) is 14.0. The van der Waals surface area contributed by atoms with E-state index in [1.807, 2.05) is 13.0 Å². The van der Waals surface area contributed by atoms with Crippen LogP contribution in [0.25, 0.3) is 0 Å². The summed E-state index contributed by atoms with van der Waals surface area (Å²) < 4.78 is 11.1. The molecule has 1 aromatic carbocycles. The summed E-state index contributed by atoms with van der Waals surface area (Å²) in [4.78, 5) is 17.4. The van der Waals surface area contributed by atoms with Gasteiger partial charge in [0.05, 0.1) is 6.04 Å². The third kappa shape index (κ3) is 3.56. The van der Waals surface area contributed by atoms with Crippen molar-refractivity contribution in [2.75, 3.05) is 19.7 Å². The topological polar surface area (TPSA) is 94.5 Å². The smallest absolute Gasteiger partial charge is 0.290 e. The Hall–Kier alpha value is -2.41. The maximum atomic E-state index is 11.1. The number of nitrogens with zero attached hydrogens (tertiary/aromatic N) is 3. The lowest BCUT2D eigenvalue weighted by Gasteiger charge is -2.21. The molecule has 2 aromatic rings. The molecule has 0 unspecified atom stereocenters. The highest BCUT2D eigenvalue weighted by Gasteiger charge is 2.31. The van der Waals surface area contributed by atoms with Crippen molar-refractivity contribution in [1.82, 2.24) is 15.0 Å². The van der Waals surface area contributed by atoms with E-state index in [0.29, 0.717) is 12.5 Å². The summed E-state index contributed by atoms with van der Waals surface area (Å²) in [6.07, 6.45) is 1.96. The van der Waals surface area contributed by atoms with Gasteiger partial charge in [0.1, 0.15) is 12.4 Å². The molecule has 128 valence electrons. The Labute approximate surface area is 140 Å². The van der Waals surface area contributed by atoms with E-state index in [1.54, 1.807) is 0 Å². The largest absolute Gasteiger partial charge is 0.492 e. The van der Waals surface area contributed by atoms with E-state index in [2.05, 4.69) is 34.1 Å². The minimum absolute atomic E-state index is 0.0211. The predicted molar refractivity (Wildman–Crippen MR) is 87.8 cm³/mol. The molecule has 0 aliphatic carbocycles. The van der Waals surface area contributed by atoms with Crippen LogP contribution < -0.4 is 10.5 Å². The average Bonchev–Trinajstić information content (AvgIpc) is 3.19. The van der Waals surface area contributed by atoms with Crippen molar-refractivity contribution < 1.29 is 14.1 Å². The second-order valence-corrected chi connectivity index (χ2v) is 6.13. The zero-order chi connectivity index (χ0) is 17.1. The lowest BCUT2D eigenvalue weighted by atomic mass is 10.1. The summed E-state index contributed by atoms with van der Waals surface area (Å²) in [5, 5.41) is 3.63. The maximum absolute atomic E-state index is 11.1. The zero-order valence-electron chi connectivity index (χ0n) is 14.0. The van der Waals surface area contributed by atoms with Crippen LogP contribution in [0, 0.1) is 13.8 Å². The van der Waals surface area contributed by atoms with Crippen LogP contribution in [0.3, 0.4) is 0 Å². The first-order chi connectivity index (χ1) is 11.5. The Bertz CT molecular complexity index is 728. The minimum Gasteiger partial charge on any atom is -0.492 e. The molecule has 1 aliphatic rings. The number of likely N-dealkylation sites (tertiary alicyclic amines) is 1. The first-order valence-corrected chi connectivity index (χ1v) is 8.12. The van der Waals surface area contributed by atoms with Gasteiger partial charge in [0.2, 0.25) is 5.89 Å². The lowest BCUT2D eigenvalue weighted by molar-refractivity contribution is 0.0987. The molecule has 7 nitrogen and oxygen atoms in total. The number of benzene rings is 1. The van der Waals surface area contributed by atoms with Crippen LogP contribution in [-0.2, 0) is 0 Å². The fourth-order valence-corrected chi connectivity index (χ4v) is 2.98. The van der Waals surface area contributed by atoms with Gasteiger partial charge in [-0.2, -0.15) is 4.98 Å². The number of aryl methyl sites for hydroxylation is 2. The number of rotatable bonds is 6. The van der Waals surface area contributed by atoms with Gasteiger partial charge >= 0.3 is 0 Å². The van der Waals surface area contributed by atoms with Crippen molar-refractivity contribution in [2.24, 2.45) is 5.73 Å². The van der Waals surface area contributed by atoms with E-state index in [-0.39, 0.29) is 11.9 Å². The summed E-state index contributed by atoms with van der Waals surface area (Å²) in [6, 6.07) is 6.21. The number of nitrogens with two attached hydrogens (primary N) is 1. The van der Waals surface area contributed by atoms with Crippen LogP contribution >= 0.6 is 0 Å². The Morgan fingerprint density at radius 1 is 1.46 bits per heavy atom. The Balaban J connectivity index is 1.59. The normalized spacial score (nSPS) is 18.0. The van der Waals surface area contributed by atoms with Crippen LogP contribution in [-0.4, -0.2) is 40.6 Å². The summed E-state index contributed by atoms with van der Waals surface area (Å²) in [7, 11) is 0. The van der Waals surface area contributed by atoms with Gasteiger partial charge < -0.3 is 15.0 Å². The number of carbonyl (C=O) groups excluding carboxylic acids is 1. The highest BCUT2D eigenvalue weighted by Crippen LogP contribution is 2.30. The number of hydrogen-bond acceptors (Lipinski definition) is 6. The molecule has 1 saturated heterocycles. The van der Waals surface area contributed by atoms with Crippen molar-refractivity contribution in [3.05, 3.63) is 41.0 Å². The summed E-state index contributed by atoms with van der Waals surface area (Å²) in [5.41, 5.74) is 7.48. The van der Waals surface area contributed by atoms with Gasteiger partial charge in [-0.1, -0.05) is 17.3 Å². The number of primary amides is 1. The highest BCUT2D eigenvalue weighted by atomic mass is 16.5.